The van der Waals surface area contributed by atoms with E-state index in [1.54, 1.807) is 13.8 Å². The molecule has 0 bridgehead atoms. The van der Waals surface area contributed by atoms with Gasteiger partial charge >= 0.3 is 17.9 Å². The lowest BCUT2D eigenvalue weighted by Gasteiger charge is -2.16. The highest BCUT2D eigenvalue weighted by Crippen LogP contribution is 2.01. The molecule has 0 aliphatic heterocycles. The van der Waals surface area contributed by atoms with Crippen LogP contribution in [0.2, 0.25) is 0 Å². The number of ether oxygens (including phenoxy) is 2. The first kappa shape index (κ1) is 16.5. The third-order valence-corrected chi connectivity index (χ3v) is 2.08. The van der Waals surface area contributed by atoms with Gasteiger partial charge in [-0.05, 0) is 5.92 Å². The summed E-state index contributed by atoms with van der Waals surface area (Å²) in [7, 11) is 0. The molecule has 0 unspecified atom stereocenters. The van der Waals surface area contributed by atoms with Crippen molar-refractivity contribution in [1.82, 2.24) is 0 Å². The molecular formula is C10H19N3O5. The topological polar surface area (TPSA) is 148 Å². The van der Waals surface area contributed by atoms with Crippen molar-refractivity contribution in [3.05, 3.63) is 0 Å². The molecule has 104 valence electrons. The molecule has 2 atom stereocenters. The molecule has 0 amide bonds. The summed E-state index contributed by atoms with van der Waals surface area (Å²) in [5.74, 6) is -2.67. The number of hydrogen-bond acceptors (Lipinski definition) is 8. The average Bonchev–Trinajstić information content (AvgIpc) is 2.33. The van der Waals surface area contributed by atoms with Crippen LogP contribution in [0.3, 0.4) is 0 Å². The summed E-state index contributed by atoms with van der Waals surface area (Å²) in [6.07, 6.45) is 0. The molecule has 0 fully saturated rings. The molecule has 8 nitrogen and oxygen atoms in total. The van der Waals surface area contributed by atoms with Crippen LogP contribution >= 0.6 is 0 Å². The molecule has 8 heteroatoms. The maximum Gasteiger partial charge on any atom is 0.334 e. The van der Waals surface area contributed by atoms with Crippen LogP contribution in [0.15, 0.2) is 0 Å². The van der Waals surface area contributed by atoms with E-state index in [-0.39, 0.29) is 5.92 Å². The summed E-state index contributed by atoms with van der Waals surface area (Å²) in [6.45, 7) is 2.66. The van der Waals surface area contributed by atoms with Gasteiger partial charge in [0, 0.05) is 0 Å². The maximum atomic E-state index is 11.3. The Balaban J connectivity index is 4.10. The van der Waals surface area contributed by atoms with Crippen molar-refractivity contribution < 1.29 is 23.9 Å². The normalized spacial score (nSPS) is 13.9. The summed E-state index contributed by atoms with van der Waals surface area (Å²) >= 11 is 0. The van der Waals surface area contributed by atoms with Crippen LogP contribution in [0.5, 0.6) is 0 Å². The van der Waals surface area contributed by atoms with E-state index in [0.29, 0.717) is 0 Å². The zero-order valence-electron chi connectivity index (χ0n) is 10.4. The fourth-order valence-corrected chi connectivity index (χ4v) is 0.838. The van der Waals surface area contributed by atoms with E-state index in [2.05, 4.69) is 4.74 Å². The van der Waals surface area contributed by atoms with E-state index in [9.17, 15) is 14.4 Å². The van der Waals surface area contributed by atoms with Crippen LogP contribution in [0.25, 0.3) is 0 Å². The molecule has 18 heavy (non-hydrogen) atoms. The Morgan fingerprint density at radius 2 is 1.67 bits per heavy atom. The van der Waals surface area contributed by atoms with Gasteiger partial charge in [-0.3, -0.25) is 9.59 Å². The number of rotatable bonds is 6. The molecule has 0 saturated heterocycles. The van der Waals surface area contributed by atoms with E-state index in [1.165, 1.54) is 0 Å². The van der Waals surface area contributed by atoms with Crippen molar-refractivity contribution in [3.8, 4) is 0 Å². The van der Waals surface area contributed by atoms with Crippen LogP contribution in [-0.4, -0.2) is 43.1 Å². The molecule has 0 rings (SSSR count). The lowest BCUT2D eigenvalue weighted by atomic mass is 10.1. The van der Waals surface area contributed by atoms with E-state index in [4.69, 9.17) is 21.9 Å². The lowest BCUT2D eigenvalue weighted by molar-refractivity contribution is -0.161. The predicted molar refractivity (Wildman–Crippen MR) is 61.9 cm³/mol. The van der Waals surface area contributed by atoms with Crippen molar-refractivity contribution in [1.29, 1.82) is 0 Å². The Labute approximate surface area is 105 Å². The second-order valence-electron chi connectivity index (χ2n) is 4.00. The van der Waals surface area contributed by atoms with Crippen LogP contribution in [0.4, 0.5) is 0 Å². The van der Waals surface area contributed by atoms with Crippen molar-refractivity contribution in [2.45, 2.75) is 25.9 Å². The molecular weight excluding hydrogens is 242 g/mol. The number of carbonyl (C=O) groups is 3. The van der Waals surface area contributed by atoms with E-state index >= 15 is 0 Å². The van der Waals surface area contributed by atoms with Gasteiger partial charge in [0.1, 0.15) is 18.7 Å². The van der Waals surface area contributed by atoms with Crippen LogP contribution in [0, 0.1) is 5.92 Å². The standard InChI is InChI=1S/C10H19N3O5/c1-5(2)8(13)10(16)17-4-6(12)9(15)18-7(14)3-11/h5-6,8H,3-4,11-13H2,1-2H3/t6-,8-/m0/s1. The molecule has 0 aromatic heterocycles. The summed E-state index contributed by atoms with van der Waals surface area (Å²) in [5, 5.41) is 0. The minimum atomic E-state index is -1.25. The molecule has 0 aromatic rings. The minimum absolute atomic E-state index is 0.0977. The van der Waals surface area contributed by atoms with Gasteiger partial charge in [0.05, 0.1) is 6.54 Å². The number of esters is 3. The molecule has 0 saturated carbocycles. The van der Waals surface area contributed by atoms with Crippen LogP contribution in [-0.2, 0) is 23.9 Å². The van der Waals surface area contributed by atoms with E-state index in [0.717, 1.165) is 0 Å². The highest BCUT2D eigenvalue weighted by atomic mass is 16.6. The monoisotopic (exact) mass is 261 g/mol. The smallest absolute Gasteiger partial charge is 0.334 e. The highest BCUT2D eigenvalue weighted by Gasteiger charge is 2.23. The third kappa shape index (κ3) is 5.71. The second kappa shape index (κ2) is 7.75. The Morgan fingerprint density at radius 3 is 2.11 bits per heavy atom. The van der Waals surface area contributed by atoms with Crippen molar-refractivity contribution in [2.24, 2.45) is 23.1 Å². The lowest BCUT2D eigenvalue weighted by Crippen LogP contribution is -2.43. The largest absolute Gasteiger partial charge is 0.462 e. The van der Waals surface area contributed by atoms with Crippen LogP contribution in [0.1, 0.15) is 13.8 Å². The summed E-state index contributed by atoms with van der Waals surface area (Å²) < 4.78 is 8.98. The Bertz CT molecular complexity index is 319. The van der Waals surface area contributed by atoms with Gasteiger partial charge in [-0.1, -0.05) is 13.8 Å². The number of nitrogens with two attached hydrogens (primary N) is 3. The molecule has 0 radical (unpaired) electrons. The molecule has 0 aliphatic rings. The quantitative estimate of drug-likeness (QED) is 0.362. The van der Waals surface area contributed by atoms with Gasteiger partial charge in [0.2, 0.25) is 0 Å². The molecule has 0 heterocycles. The zero-order valence-corrected chi connectivity index (χ0v) is 10.4. The van der Waals surface area contributed by atoms with E-state index < -0.39 is 43.1 Å². The van der Waals surface area contributed by atoms with Gasteiger partial charge in [0.25, 0.3) is 0 Å². The number of hydrogen-bond donors (Lipinski definition) is 3. The molecule has 0 spiro atoms. The van der Waals surface area contributed by atoms with Gasteiger partial charge in [-0.25, -0.2) is 4.79 Å². The first-order chi connectivity index (χ1) is 8.29. The second-order valence-corrected chi connectivity index (χ2v) is 4.00. The predicted octanol–water partition coefficient (Wildman–Crippen LogP) is -2.13. The summed E-state index contributed by atoms with van der Waals surface area (Å²) in [5.41, 5.74) is 15.8. The first-order valence-electron chi connectivity index (χ1n) is 5.42. The van der Waals surface area contributed by atoms with Gasteiger partial charge < -0.3 is 26.7 Å². The zero-order chi connectivity index (χ0) is 14.3. The fourth-order valence-electron chi connectivity index (χ4n) is 0.838. The first-order valence-corrected chi connectivity index (χ1v) is 5.42. The van der Waals surface area contributed by atoms with Gasteiger partial charge in [0.15, 0.2) is 0 Å². The fraction of sp³-hybridized carbons (Fsp3) is 0.700. The summed E-state index contributed by atoms with van der Waals surface area (Å²) in [4.78, 5) is 33.2. The van der Waals surface area contributed by atoms with Gasteiger partial charge in [-0.15, -0.1) is 0 Å². The number of carbonyl (C=O) groups excluding carboxylic acids is 3. The maximum absolute atomic E-state index is 11.3. The van der Waals surface area contributed by atoms with Crippen molar-refractivity contribution >= 4 is 17.9 Å². The average molecular weight is 261 g/mol. The minimum Gasteiger partial charge on any atom is -0.462 e. The van der Waals surface area contributed by atoms with Crippen LogP contribution < -0.4 is 17.2 Å². The van der Waals surface area contributed by atoms with Gasteiger partial charge in [-0.2, -0.15) is 0 Å². The third-order valence-electron chi connectivity index (χ3n) is 2.08. The van der Waals surface area contributed by atoms with Crippen molar-refractivity contribution in [2.75, 3.05) is 13.2 Å². The molecule has 0 aromatic carbocycles. The Morgan fingerprint density at radius 1 is 1.11 bits per heavy atom. The SMILES string of the molecule is CC(C)[C@H](N)C(=O)OC[C@H](N)C(=O)OC(=O)CN. The van der Waals surface area contributed by atoms with E-state index in [1.807, 2.05) is 0 Å². The molecule has 0 aliphatic carbocycles. The summed E-state index contributed by atoms with van der Waals surface area (Å²) in [6, 6.07) is -2.04. The van der Waals surface area contributed by atoms with Crippen molar-refractivity contribution in [3.63, 3.8) is 0 Å². The Hall–Kier alpha value is -1.51. The Kier molecular flexibility index (Phi) is 7.10. The highest BCUT2D eigenvalue weighted by molar-refractivity contribution is 5.89. The molecule has 6 N–H and O–H groups in total.